The van der Waals surface area contributed by atoms with Crippen molar-refractivity contribution in [2.75, 3.05) is 46.8 Å². The minimum atomic E-state index is -0.640. The Morgan fingerprint density at radius 3 is 1.74 bits per heavy atom. The van der Waals surface area contributed by atoms with Crippen molar-refractivity contribution in [1.29, 1.82) is 0 Å². The standard InChI is InChI=1S/C27H44O8/c1-19(15-28)26(30)34-17-24(18-35-27(31)20(2)16-29)23-7-5-21(6-8-23)22-9-11-25(12-10-22)33-14-4-13-32-3/h21-25,28-29H,1-2,4-18H2,3H3. The minimum Gasteiger partial charge on any atom is -0.462 e. The molecule has 0 bridgehead atoms. The molecule has 0 aromatic carbocycles. The smallest absolute Gasteiger partial charge is 0.335 e. The van der Waals surface area contributed by atoms with E-state index in [9.17, 15) is 9.59 Å². The van der Waals surface area contributed by atoms with E-state index in [4.69, 9.17) is 29.2 Å². The van der Waals surface area contributed by atoms with Crippen molar-refractivity contribution in [3.63, 3.8) is 0 Å². The predicted octanol–water partition coefficient (Wildman–Crippen LogP) is 3.20. The number of methoxy groups -OCH3 is 1. The SMILES string of the molecule is C=C(CO)C(=O)OCC(COC(=O)C(=C)CO)C1CCC(C2CCC(OCCCOC)CC2)CC1. The second-order valence-corrected chi connectivity index (χ2v) is 9.91. The van der Waals surface area contributed by atoms with Gasteiger partial charge in [-0.05, 0) is 75.5 Å². The number of carbonyl (C=O) groups is 2. The molecule has 0 amide bonds. The van der Waals surface area contributed by atoms with Crippen LogP contribution in [0.5, 0.6) is 0 Å². The summed E-state index contributed by atoms with van der Waals surface area (Å²) in [7, 11) is 1.71. The molecule has 2 aliphatic rings. The lowest BCUT2D eigenvalue weighted by Gasteiger charge is -2.39. The quantitative estimate of drug-likeness (QED) is 0.202. The molecule has 8 nitrogen and oxygen atoms in total. The van der Waals surface area contributed by atoms with Crippen LogP contribution in [0.25, 0.3) is 0 Å². The highest BCUT2D eigenvalue weighted by atomic mass is 16.5. The van der Waals surface area contributed by atoms with Crippen LogP contribution in [-0.4, -0.2) is 75.0 Å². The molecule has 2 saturated carbocycles. The van der Waals surface area contributed by atoms with Crippen molar-refractivity contribution in [3.8, 4) is 0 Å². The monoisotopic (exact) mass is 496 g/mol. The van der Waals surface area contributed by atoms with Crippen molar-refractivity contribution in [2.24, 2.45) is 23.7 Å². The molecule has 0 radical (unpaired) electrons. The topological polar surface area (TPSA) is 112 Å². The maximum Gasteiger partial charge on any atom is 0.335 e. The maximum atomic E-state index is 12.0. The van der Waals surface area contributed by atoms with Crippen molar-refractivity contribution >= 4 is 11.9 Å². The highest BCUT2D eigenvalue weighted by molar-refractivity contribution is 5.88. The highest BCUT2D eigenvalue weighted by Crippen LogP contribution is 2.42. The van der Waals surface area contributed by atoms with Crippen LogP contribution >= 0.6 is 0 Å². The van der Waals surface area contributed by atoms with E-state index < -0.39 is 25.2 Å². The third-order valence-electron chi connectivity index (χ3n) is 7.53. The van der Waals surface area contributed by atoms with E-state index in [-0.39, 0.29) is 36.2 Å². The Morgan fingerprint density at radius 2 is 1.29 bits per heavy atom. The van der Waals surface area contributed by atoms with Gasteiger partial charge < -0.3 is 29.2 Å². The largest absolute Gasteiger partial charge is 0.462 e. The average Bonchev–Trinajstić information content (AvgIpc) is 2.90. The van der Waals surface area contributed by atoms with Gasteiger partial charge >= 0.3 is 11.9 Å². The first kappa shape index (κ1) is 29.5. The molecule has 200 valence electrons. The fourth-order valence-electron chi connectivity index (χ4n) is 5.29. The second-order valence-electron chi connectivity index (χ2n) is 9.91. The van der Waals surface area contributed by atoms with E-state index in [0.717, 1.165) is 64.1 Å². The first-order chi connectivity index (χ1) is 16.9. The summed E-state index contributed by atoms with van der Waals surface area (Å²) in [5, 5.41) is 18.2. The number of carbonyl (C=O) groups excluding carboxylic acids is 2. The summed E-state index contributed by atoms with van der Waals surface area (Å²) in [6, 6.07) is 0. The van der Waals surface area contributed by atoms with Gasteiger partial charge in [-0.25, -0.2) is 9.59 Å². The molecule has 0 aromatic rings. The molecule has 2 N–H and O–H groups in total. The Kier molecular flexibility index (Phi) is 13.6. The summed E-state index contributed by atoms with van der Waals surface area (Å²) in [6.07, 6.45) is 10.2. The van der Waals surface area contributed by atoms with Gasteiger partial charge in [-0.3, -0.25) is 0 Å². The van der Waals surface area contributed by atoms with E-state index in [1.807, 2.05) is 0 Å². The lowest BCUT2D eigenvalue weighted by atomic mass is 9.68. The third kappa shape index (κ3) is 10.0. The van der Waals surface area contributed by atoms with Crippen molar-refractivity contribution < 1.29 is 38.7 Å². The van der Waals surface area contributed by atoms with Gasteiger partial charge in [0.25, 0.3) is 0 Å². The molecule has 2 aliphatic carbocycles. The van der Waals surface area contributed by atoms with Gasteiger partial charge in [0, 0.05) is 26.2 Å². The Bertz CT molecular complexity index is 643. The van der Waals surface area contributed by atoms with Crippen LogP contribution in [0.2, 0.25) is 0 Å². The number of hydrogen-bond acceptors (Lipinski definition) is 8. The van der Waals surface area contributed by atoms with Gasteiger partial charge in [0.15, 0.2) is 0 Å². The number of ether oxygens (including phenoxy) is 4. The fourth-order valence-corrected chi connectivity index (χ4v) is 5.29. The first-order valence-corrected chi connectivity index (χ1v) is 12.9. The Balaban J connectivity index is 1.82. The summed E-state index contributed by atoms with van der Waals surface area (Å²) < 4.78 is 21.8. The molecule has 0 unspecified atom stereocenters. The second kappa shape index (κ2) is 16.1. The van der Waals surface area contributed by atoms with Crippen molar-refractivity contribution in [1.82, 2.24) is 0 Å². The van der Waals surface area contributed by atoms with Gasteiger partial charge in [0.05, 0.1) is 43.7 Å². The number of hydrogen-bond donors (Lipinski definition) is 2. The number of aliphatic hydroxyl groups excluding tert-OH is 2. The number of aliphatic hydroxyl groups is 2. The van der Waals surface area contributed by atoms with E-state index in [2.05, 4.69) is 13.2 Å². The molecule has 0 spiro atoms. The Morgan fingerprint density at radius 1 is 0.800 bits per heavy atom. The lowest BCUT2D eigenvalue weighted by molar-refractivity contribution is -0.146. The summed E-state index contributed by atoms with van der Waals surface area (Å²) >= 11 is 0. The molecule has 2 rings (SSSR count). The van der Waals surface area contributed by atoms with Crippen LogP contribution in [-0.2, 0) is 28.5 Å². The van der Waals surface area contributed by atoms with Crippen LogP contribution in [0.1, 0.15) is 57.8 Å². The summed E-state index contributed by atoms with van der Waals surface area (Å²) in [4.78, 5) is 24.0. The number of rotatable bonds is 15. The highest BCUT2D eigenvalue weighted by Gasteiger charge is 2.34. The molecule has 0 aliphatic heterocycles. The predicted molar refractivity (Wildman–Crippen MR) is 131 cm³/mol. The first-order valence-electron chi connectivity index (χ1n) is 12.9. The molecule has 0 aromatic heterocycles. The van der Waals surface area contributed by atoms with E-state index in [0.29, 0.717) is 12.0 Å². The summed E-state index contributed by atoms with van der Waals surface area (Å²) in [5.41, 5.74) is -0.00668. The van der Waals surface area contributed by atoms with E-state index in [1.165, 1.54) is 12.8 Å². The molecule has 0 atom stereocenters. The molecule has 0 heterocycles. The zero-order chi connectivity index (χ0) is 25.6. The zero-order valence-electron chi connectivity index (χ0n) is 21.3. The van der Waals surface area contributed by atoms with Gasteiger partial charge in [0.1, 0.15) is 0 Å². The van der Waals surface area contributed by atoms with Gasteiger partial charge in [-0.2, -0.15) is 0 Å². The fraction of sp³-hybridized carbons (Fsp3) is 0.778. The molecule has 0 saturated heterocycles. The van der Waals surface area contributed by atoms with Gasteiger partial charge in [0.2, 0.25) is 0 Å². The van der Waals surface area contributed by atoms with Crippen molar-refractivity contribution in [2.45, 2.75) is 63.9 Å². The van der Waals surface area contributed by atoms with Crippen LogP contribution in [0.4, 0.5) is 0 Å². The maximum absolute atomic E-state index is 12.0. The average molecular weight is 497 g/mol. The van der Waals surface area contributed by atoms with Crippen LogP contribution in [0.3, 0.4) is 0 Å². The Hall–Kier alpha value is -1.74. The van der Waals surface area contributed by atoms with Gasteiger partial charge in [-0.15, -0.1) is 0 Å². The van der Waals surface area contributed by atoms with Crippen LogP contribution in [0, 0.1) is 23.7 Å². The minimum absolute atomic E-state index is 0.00334. The zero-order valence-corrected chi connectivity index (χ0v) is 21.3. The molecule has 8 heteroatoms. The van der Waals surface area contributed by atoms with Crippen LogP contribution < -0.4 is 0 Å². The molecule has 35 heavy (non-hydrogen) atoms. The Labute approximate surface area is 209 Å². The third-order valence-corrected chi connectivity index (χ3v) is 7.53. The van der Waals surface area contributed by atoms with Crippen LogP contribution in [0.15, 0.2) is 24.3 Å². The molecular formula is C27H44O8. The summed E-state index contributed by atoms with van der Waals surface area (Å²) in [5.74, 6) is 0.242. The van der Waals surface area contributed by atoms with E-state index in [1.54, 1.807) is 7.11 Å². The van der Waals surface area contributed by atoms with E-state index >= 15 is 0 Å². The number of esters is 2. The summed E-state index contributed by atoms with van der Waals surface area (Å²) in [6.45, 7) is 7.78. The lowest BCUT2D eigenvalue weighted by Crippen LogP contribution is -2.33. The van der Waals surface area contributed by atoms with Crippen molar-refractivity contribution in [3.05, 3.63) is 24.3 Å². The van der Waals surface area contributed by atoms with Gasteiger partial charge in [-0.1, -0.05) is 13.2 Å². The molecule has 2 fully saturated rings. The normalized spacial score (nSPS) is 24.7. The molecular weight excluding hydrogens is 452 g/mol.